The lowest BCUT2D eigenvalue weighted by Gasteiger charge is -2.11. The van der Waals surface area contributed by atoms with Crippen molar-refractivity contribution in [3.05, 3.63) is 28.5 Å². The van der Waals surface area contributed by atoms with E-state index in [-0.39, 0.29) is 17.4 Å². The monoisotopic (exact) mass is 291 g/mol. The second kappa shape index (κ2) is 5.07. The maximum Gasteiger partial charge on any atom is 0.150 e. The SMILES string of the molecule is CCS(=O)(=O)C[C@H](C)c1cncc(Br)c1. The molecule has 1 aromatic heterocycles. The minimum absolute atomic E-state index is 0.0139. The molecule has 0 saturated heterocycles. The van der Waals surface area contributed by atoms with E-state index >= 15 is 0 Å². The second-order valence-electron chi connectivity index (χ2n) is 3.54. The van der Waals surface area contributed by atoms with E-state index in [1.54, 1.807) is 19.3 Å². The summed E-state index contributed by atoms with van der Waals surface area (Å²) in [6, 6.07) is 1.91. The molecule has 1 heterocycles. The van der Waals surface area contributed by atoms with Crippen LogP contribution in [0, 0.1) is 0 Å². The van der Waals surface area contributed by atoms with E-state index in [1.165, 1.54) is 0 Å². The van der Waals surface area contributed by atoms with Crippen molar-refractivity contribution in [2.24, 2.45) is 0 Å². The van der Waals surface area contributed by atoms with Crippen LogP contribution in [-0.2, 0) is 9.84 Å². The van der Waals surface area contributed by atoms with E-state index in [4.69, 9.17) is 0 Å². The summed E-state index contributed by atoms with van der Waals surface area (Å²) in [4.78, 5) is 4.02. The molecule has 0 aromatic carbocycles. The van der Waals surface area contributed by atoms with Crippen LogP contribution in [0.3, 0.4) is 0 Å². The molecule has 0 N–H and O–H groups in total. The standard InChI is InChI=1S/C10H14BrNO2S/c1-3-15(13,14)7-8(2)9-4-10(11)6-12-5-9/h4-6,8H,3,7H2,1-2H3/t8-/m0/s1. The first-order valence-electron chi connectivity index (χ1n) is 4.75. The Hall–Kier alpha value is -0.420. The maximum atomic E-state index is 11.4. The van der Waals surface area contributed by atoms with E-state index in [0.29, 0.717) is 0 Å². The molecule has 1 atom stereocenters. The summed E-state index contributed by atoms with van der Waals surface area (Å²) in [6.45, 7) is 3.57. The third-order valence-corrected chi connectivity index (χ3v) is 4.56. The normalized spacial score (nSPS) is 13.8. The Balaban J connectivity index is 2.82. The van der Waals surface area contributed by atoms with Crippen molar-refractivity contribution in [3.8, 4) is 0 Å². The fourth-order valence-corrected chi connectivity index (χ4v) is 2.87. The Morgan fingerprint density at radius 1 is 1.47 bits per heavy atom. The molecule has 1 rings (SSSR count). The van der Waals surface area contributed by atoms with E-state index in [0.717, 1.165) is 10.0 Å². The lowest BCUT2D eigenvalue weighted by atomic mass is 10.1. The Kier molecular flexibility index (Phi) is 4.28. The van der Waals surface area contributed by atoms with E-state index < -0.39 is 9.84 Å². The van der Waals surface area contributed by atoms with Crippen LogP contribution in [-0.4, -0.2) is 24.9 Å². The molecule has 0 bridgehead atoms. The van der Waals surface area contributed by atoms with Gasteiger partial charge in [-0.2, -0.15) is 0 Å². The number of nitrogens with zero attached hydrogens (tertiary/aromatic N) is 1. The first-order chi connectivity index (χ1) is 6.94. The van der Waals surface area contributed by atoms with Gasteiger partial charge in [0.1, 0.15) is 0 Å². The van der Waals surface area contributed by atoms with Gasteiger partial charge in [0, 0.05) is 22.6 Å². The number of halogens is 1. The van der Waals surface area contributed by atoms with Gasteiger partial charge in [0.25, 0.3) is 0 Å². The zero-order valence-corrected chi connectivity index (χ0v) is 11.2. The van der Waals surface area contributed by atoms with Gasteiger partial charge in [-0.15, -0.1) is 0 Å². The minimum atomic E-state index is -2.92. The zero-order chi connectivity index (χ0) is 11.5. The van der Waals surface area contributed by atoms with Gasteiger partial charge < -0.3 is 0 Å². The molecular formula is C10H14BrNO2S. The zero-order valence-electron chi connectivity index (χ0n) is 8.77. The average molecular weight is 292 g/mol. The molecule has 0 fully saturated rings. The highest BCUT2D eigenvalue weighted by Crippen LogP contribution is 2.19. The van der Waals surface area contributed by atoms with Gasteiger partial charge in [-0.25, -0.2) is 8.42 Å². The van der Waals surface area contributed by atoms with Crippen LogP contribution in [0.2, 0.25) is 0 Å². The van der Waals surface area contributed by atoms with Crippen LogP contribution in [0.1, 0.15) is 25.3 Å². The predicted octanol–water partition coefficient (Wildman–Crippen LogP) is 2.38. The molecule has 0 unspecified atom stereocenters. The molecule has 15 heavy (non-hydrogen) atoms. The van der Waals surface area contributed by atoms with E-state index in [9.17, 15) is 8.42 Å². The van der Waals surface area contributed by atoms with Crippen LogP contribution in [0.4, 0.5) is 0 Å². The fourth-order valence-electron chi connectivity index (χ4n) is 1.29. The maximum absolute atomic E-state index is 11.4. The average Bonchev–Trinajstić information content (AvgIpc) is 2.17. The molecule has 1 aromatic rings. The molecule has 0 aliphatic rings. The molecule has 0 spiro atoms. The lowest BCUT2D eigenvalue weighted by Crippen LogP contribution is -2.14. The van der Waals surface area contributed by atoms with Gasteiger partial charge >= 0.3 is 0 Å². The summed E-state index contributed by atoms with van der Waals surface area (Å²) in [7, 11) is -2.92. The van der Waals surface area contributed by atoms with Crippen LogP contribution in [0.5, 0.6) is 0 Å². The van der Waals surface area contributed by atoms with Crippen LogP contribution >= 0.6 is 15.9 Å². The highest BCUT2D eigenvalue weighted by Gasteiger charge is 2.15. The summed E-state index contributed by atoms with van der Waals surface area (Å²) in [5.74, 6) is 0.361. The molecule has 0 aliphatic heterocycles. The molecular weight excluding hydrogens is 278 g/mol. The number of rotatable bonds is 4. The predicted molar refractivity (Wildman–Crippen MR) is 64.7 cm³/mol. The third kappa shape index (κ3) is 3.91. The van der Waals surface area contributed by atoms with Crippen molar-refractivity contribution >= 4 is 25.8 Å². The number of sulfone groups is 1. The molecule has 3 nitrogen and oxygen atoms in total. The summed E-state index contributed by atoms with van der Waals surface area (Å²) >= 11 is 3.32. The Bertz CT molecular complexity index is 431. The molecule has 84 valence electrons. The lowest BCUT2D eigenvalue weighted by molar-refractivity contribution is 0.591. The van der Waals surface area contributed by atoms with Gasteiger partial charge in [0.15, 0.2) is 9.84 Å². The topological polar surface area (TPSA) is 47.0 Å². The Morgan fingerprint density at radius 3 is 2.67 bits per heavy atom. The summed E-state index contributed by atoms with van der Waals surface area (Å²) in [5, 5.41) is 0. The molecule has 0 amide bonds. The summed E-state index contributed by atoms with van der Waals surface area (Å²) in [6.07, 6.45) is 3.39. The van der Waals surface area contributed by atoms with Crippen molar-refractivity contribution < 1.29 is 8.42 Å². The van der Waals surface area contributed by atoms with Crippen molar-refractivity contribution in [1.29, 1.82) is 0 Å². The highest BCUT2D eigenvalue weighted by atomic mass is 79.9. The number of hydrogen-bond donors (Lipinski definition) is 0. The fraction of sp³-hybridized carbons (Fsp3) is 0.500. The first-order valence-corrected chi connectivity index (χ1v) is 7.37. The Morgan fingerprint density at radius 2 is 2.13 bits per heavy atom. The van der Waals surface area contributed by atoms with Crippen molar-refractivity contribution in [3.63, 3.8) is 0 Å². The van der Waals surface area contributed by atoms with Crippen LogP contribution in [0.25, 0.3) is 0 Å². The number of aromatic nitrogens is 1. The largest absolute Gasteiger partial charge is 0.263 e. The van der Waals surface area contributed by atoms with E-state index in [2.05, 4.69) is 20.9 Å². The van der Waals surface area contributed by atoms with E-state index in [1.807, 2.05) is 13.0 Å². The second-order valence-corrected chi connectivity index (χ2v) is 6.85. The molecule has 0 radical (unpaired) electrons. The Labute approximate surface area is 99.0 Å². The van der Waals surface area contributed by atoms with Gasteiger partial charge in [-0.1, -0.05) is 13.8 Å². The van der Waals surface area contributed by atoms with Crippen LogP contribution < -0.4 is 0 Å². The molecule has 0 aliphatic carbocycles. The van der Waals surface area contributed by atoms with Crippen LogP contribution in [0.15, 0.2) is 22.9 Å². The quantitative estimate of drug-likeness (QED) is 0.856. The van der Waals surface area contributed by atoms with Gasteiger partial charge in [0.2, 0.25) is 0 Å². The van der Waals surface area contributed by atoms with Crippen molar-refractivity contribution in [2.45, 2.75) is 19.8 Å². The molecule has 5 heteroatoms. The summed E-state index contributed by atoms with van der Waals surface area (Å²) < 4.78 is 23.7. The van der Waals surface area contributed by atoms with Gasteiger partial charge in [-0.3, -0.25) is 4.98 Å². The number of hydrogen-bond acceptors (Lipinski definition) is 3. The van der Waals surface area contributed by atoms with Crippen molar-refractivity contribution in [2.75, 3.05) is 11.5 Å². The third-order valence-electron chi connectivity index (χ3n) is 2.24. The minimum Gasteiger partial charge on any atom is -0.263 e. The van der Waals surface area contributed by atoms with Gasteiger partial charge in [0.05, 0.1) is 5.75 Å². The van der Waals surface area contributed by atoms with Gasteiger partial charge in [-0.05, 0) is 33.5 Å². The van der Waals surface area contributed by atoms with Crippen molar-refractivity contribution in [1.82, 2.24) is 4.98 Å². The summed E-state index contributed by atoms with van der Waals surface area (Å²) in [5.41, 5.74) is 0.946. The highest BCUT2D eigenvalue weighted by molar-refractivity contribution is 9.10. The smallest absolute Gasteiger partial charge is 0.150 e. The number of pyridine rings is 1. The molecule has 0 saturated carbocycles. The first kappa shape index (κ1) is 12.6.